The molecule has 2 N–H and O–H groups in total. The summed E-state index contributed by atoms with van der Waals surface area (Å²) in [4.78, 5) is 20.8. The number of benzene rings is 1. The predicted octanol–water partition coefficient (Wildman–Crippen LogP) is 3.78. The fourth-order valence-corrected chi connectivity index (χ4v) is 3.16. The second-order valence-electron chi connectivity index (χ2n) is 7.87. The van der Waals surface area contributed by atoms with Gasteiger partial charge in [0, 0.05) is 43.6 Å². The summed E-state index contributed by atoms with van der Waals surface area (Å²) in [5.74, 6) is 0. The highest BCUT2D eigenvalue weighted by molar-refractivity contribution is 5.70. The number of aromatic nitrogens is 1. The molecule has 6 heteroatoms. The fourth-order valence-electron chi connectivity index (χ4n) is 3.16. The molecule has 6 nitrogen and oxygen atoms in total. The van der Waals surface area contributed by atoms with Crippen molar-refractivity contribution in [2.45, 2.75) is 32.8 Å². The highest BCUT2D eigenvalue weighted by Crippen LogP contribution is 2.25. The van der Waals surface area contributed by atoms with E-state index in [-0.39, 0.29) is 6.09 Å². The molecule has 0 radical (unpaired) electrons. The standard InChI is InChI=1S/C21H28N4O2/c1-21(2,3)27-20(26)25-9-5-8-24(10-11-25)19-13-17(14-23-15-19)16-6-4-7-18(22)12-16/h4,6-7,12-15H,5,8-11,22H2,1-3H3. The van der Waals surface area contributed by atoms with Gasteiger partial charge in [-0.25, -0.2) is 4.79 Å². The van der Waals surface area contributed by atoms with Crippen LogP contribution in [0, 0.1) is 0 Å². The molecule has 2 aromatic rings. The quantitative estimate of drug-likeness (QED) is 0.817. The first-order valence-corrected chi connectivity index (χ1v) is 9.36. The largest absolute Gasteiger partial charge is 0.444 e. The number of carbonyl (C=O) groups excluding carboxylic acids is 1. The zero-order chi connectivity index (χ0) is 19.4. The number of ether oxygens (including phenoxy) is 1. The number of nitrogens with zero attached hydrogens (tertiary/aromatic N) is 3. The summed E-state index contributed by atoms with van der Waals surface area (Å²) in [6.07, 6.45) is 4.38. The zero-order valence-corrected chi connectivity index (χ0v) is 16.3. The van der Waals surface area contributed by atoms with Crippen LogP contribution in [0.5, 0.6) is 0 Å². The Morgan fingerprint density at radius 1 is 1.07 bits per heavy atom. The first-order valence-electron chi connectivity index (χ1n) is 9.36. The molecule has 0 saturated carbocycles. The minimum absolute atomic E-state index is 0.240. The number of carbonyl (C=O) groups is 1. The maximum atomic E-state index is 12.3. The van der Waals surface area contributed by atoms with E-state index in [0.717, 1.165) is 42.0 Å². The number of anilines is 2. The van der Waals surface area contributed by atoms with E-state index in [1.165, 1.54) is 0 Å². The Bertz CT molecular complexity index is 801. The maximum absolute atomic E-state index is 12.3. The van der Waals surface area contributed by atoms with Gasteiger partial charge < -0.3 is 20.3 Å². The van der Waals surface area contributed by atoms with Crippen LogP contribution in [0.15, 0.2) is 42.7 Å². The van der Waals surface area contributed by atoms with E-state index < -0.39 is 5.60 Å². The molecule has 1 aromatic heterocycles. The summed E-state index contributed by atoms with van der Waals surface area (Å²) in [5.41, 5.74) is 9.31. The highest BCUT2D eigenvalue weighted by Gasteiger charge is 2.24. The van der Waals surface area contributed by atoms with Crippen LogP contribution >= 0.6 is 0 Å². The number of pyridine rings is 1. The van der Waals surface area contributed by atoms with Crippen LogP contribution in [0.4, 0.5) is 16.2 Å². The minimum Gasteiger partial charge on any atom is -0.444 e. The molecule has 0 atom stereocenters. The van der Waals surface area contributed by atoms with Gasteiger partial charge >= 0.3 is 6.09 Å². The third-order valence-electron chi connectivity index (χ3n) is 4.46. The Balaban J connectivity index is 1.71. The third-order valence-corrected chi connectivity index (χ3v) is 4.46. The molecule has 1 saturated heterocycles. The van der Waals surface area contributed by atoms with Gasteiger partial charge in [-0.2, -0.15) is 0 Å². The smallest absolute Gasteiger partial charge is 0.410 e. The molecule has 1 aliphatic rings. The van der Waals surface area contributed by atoms with E-state index in [9.17, 15) is 4.79 Å². The lowest BCUT2D eigenvalue weighted by atomic mass is 10.1. The van der Waals surface area contributed by atoms with E-state index in [1.807, 2.05) is 57.4 Å². The highest BCUT2D eigenvalue weighted by atomic mass is 16.6. The molecule has 0 aliphatic carbocycles. The van der Waals surface area contributed by atoms with Crippen molar-refractivity contribution in [2.75, 3.05) is 36.8 Å². The fraction of sp³-hybridized carbons (Fsp3) is 0.429. The molecule has 0 spiro atoms. The molecule has 1 amide bonds. The summed E-state index contributed by atoms with van der Waals surface area (Å²) in [7, 11) is 0. The number of nitrogen functional groups attached to an aromatic ring is 1. The zero-order valence-electron chi connectivity index (χ0n) is 16.3. The number of nitrogens with two attached hydrogens (primary N) is 1. The Hall–Kier alpha value is -2.76. The van der Waals surface area contributed by atoms with Gasteiger partial charge in [0.25, 0.3) is 0 Å². The van der Waals surface area contributed by atoms with Crippen LogP contribution < -0.4 is 10.6 Å². The molecule has 1 fully saturated rings. The molecule has 0 bridgehead atoms. The summed E-state index contributed by atoms with van der Waals surface area (Å²) >= 11 is 0. The average molecular weight is 368 g/mol. The molecular weight excluding hydrogens is 340 g/mol. The SMILES string of the molecule is CC(C)(C)OC(=O)N1CCCN(c2cncc(-c3cccc(N)c3)c2)CC1. The van der Waals surface area contributed by atoms with E-state index in [4.69, 9.17) is 10.5 Å². The van der Waals surface area contributed by atoms with Crippen LogP contribution in [0.3, 0.4) is 0 Å². The summed E-state index contributed by atoms with van der Waals surface area (Å²) < 4.78 is 5.51. The first kappa shape index (κ1) is 19.0. The Morgan fingerprint density at radius 2 is 1.89 bits per heavy atom. The lowest BCUT2D eigenvalue weighted by molar-refractivity contribution is 0.0263. The number of hydrogen-bond donors (Lipinski definition) is 1. The van der Waals surface area contributed by atoms with Crippen LogP contribution in [0.2, 0.25) is 0 Å². The Kier molecular flexibility index (Phi) is 5.54. The van der Waals surface area contributed by atoms with Gasteiger partial charge in [-0.3, -0.25) is 4.98 Å². The molecule has 0 unspecified atom stereocenters. The van der Waals surface area contributed by atoms with Crippen molar-refractivity contribution in [3.63, 3.8) is 0 Å². The van der Waals surface area contributed by atoms with Crippen LogP contribution in [0.1, 0.15) is 27.2 Å². The van der Waals surface area contributed by atoms with Crippen molar-refractivity contribution in [1.82, 2.24) is 9.88 Å². The Morgan fingerprint density at radius 3 is 2.63 bits per heavy atom. The second-order valence-corrected chi connectivity index (χ2v) is 7.87. The van der Waals surface area contributed by atoms with Crippen LogP contribution in [-0.2, 0) is 4.74 Å². The van der Waals surface area contributed by atoms with E-state index in [0.29, 0.717) is 13.1 Å². The predicted molar refractivity (Wildman–Crippen MR) is 109 cm³/mol. The lowest BCUT2D eigenvalue weighted by Gasteiger charge is -2.27. The van der Waals surface area contributed by atoms with E-state index in [1.54, 1.807) is 4.90 Å². The van der Waals surface area contributed by atoms with E-state index in [2.05, 4.69) is 16.0 Å². The number of amides is 1. The molecule has 2 heterocycles. The first-order chi connectivity index (χ1) is 12.8. The molecule has 1 aliphatic heterocycles. The summed E-state index contributed by atoms with van der Waals surface area (Å²) in [5, 5.41) is 0. The van der Waals surface area contributed by atoms with Crippen molar-refractivity contribution >= 4 is 17.5 Å². The molecule has 3 rings (SSSR count). The van der Waals surface area contributed by atoms with Gasteiger partial charge in [-0.15, -0.1) is 0 Å². The lowest BCUT2D eigenvalue weighted by Crippen LogP contribution is -2.39. The average Bonchev–Trinajstić information content (AvgIpc) is 2.87. The number of rotatable bonds is 2. The van der Waals surface area contributed by atoms with Gasteiger partial charge in [-0.05, 0) is 51.0 Å². The van der Waals surface area contributed by atoms with Crippen LogP contribution in [-0.4, -0.2) is 47.8 Å². The topological polar surface area (TPSA) is 71.7 Å². The van der Waals surface area contributed by atoms with Gasteiger partial charge in [0.15, 0.2) is 0 Å². The van der Waals surface area contributed by atoms with Gasteiger partial charge in [0.05, 0.1) is 11.9 Å². The van der Waals surface area contributed by atoms with Gasteiger partial charge in [-0.1, -0.05) is 12.1 Å². The summed E-state index contributed by atoms with van der Waals surface area (Å²) in [6, 6.07) is 9.94. The molecule has 27 heavy (non-hydrogen) atoms. The van der Waals surface area contributed by atoms with E-state index >= 15 is 0 Å². The maximum Gasteiger partial charge on any atom is 0.410 e. The van der Waals surface area contributed by atoms with Crippen molar-refractivity contribution in [3.8, 4) is 11.1 Å². The molecular formula is C21H28N4O2. The summed E-state index contributed by atoms with van der Waals surface area (Å²) in [6.45, 7) is 8.64. The molecule has 144 valence electrons. The monoisotopic (exact) mass is 368 g/mol. The van der Waals surface area contributed by atoms with Crippen molar-refractivity contribution in [1.29, 1.82) is 0 Å². The normalized spacial score (nSPS) is 15.4. The van der Waals surface area contributed by atoms with Crippen LogP contribution in [0.25, 0.3) is 11.1 Å². The number of hydrogen-bond acceptors (Lipinski definition) is 5. The Labute approximate surface area is 160 Å². The molecule has 1 aromatic carbocycles. The van der Waals surface area contributed by atoms with Crippen molar-refractivity contribution in [3.05, 3.63) is 42.7 Å². The second kappa shape index (κ2) is 7.86. The third kappa shape index (κ3) is 5.12. The van der Waals surface area contributed by atoms with Crippen molar-refractivity contribution < 1.29 is 9.53 Å². The van der Waals surface area contributed by atoms with Gasteiger partial charge in [0.1, 0.15) is 5.60 Å². The van der Waals surface area contributed by atoms with Gasteiger partial charge in [0.2, 0.25) is 0 Å². The minimum atomic E-state index is -0.473. The van der Waals surface area contributed by atoms with Crippen molar-refractivity contribution in [2.24, 2.45) is 0 Å².